The average Bonchev–Trinajstić information content (AvgIpc) is 3.33. The van der Waals surface area contributed by atoms with E-state index in [0.717, 1.165) is 28.2 Å². The molecule has 0 unspecified atom stereocenters. The molecule has 10 heteroatoms. The van der Waals surface area contributed by atoms with Crippen LogP contribution in [0.15, 0.2) is 70.3 Å². The number of benzene rings is 3. The first-order valence-corrected chi connectivity index (χ1v) is 11.3. The minimum Gasteiger partial charge on any atom is -0.493 e. The van der Waals surface area contributed by atoms with Crippen LogP contribution in [0.5, 0.6) is 11.5 Å². The van der Waals surface area contributed by atoms with Gasteiger partial charge < -0.3 is 24.5 Å². The van der Waals surface area contributed by atoms with E-state index >= 15 is 0 Å². The van der Waals surface area contributed by atoms with Gasteiger partial charge in [-0.05, 0) is 29.7 Å². The van der Waals surface area contributed by atoms with E-state index in [-0.39, 0.29) is 35.2 Å². The van der Waals surface area contributed by atoms with Crippen LogP contribution < -0.4 is 20.1 Å². The minimum absolute atomic E-state index is 0.0446. The Bertz CT molecular complexity index is 1320. The molecule has 0 radical (unpaired) electrons. The number of hydrogen-bond acceptors (Lipinski definition) is 8. The quantitative estimate of drug-likeness (QED) is 0.348. The summed E-state index contributed by atoms with van der Waals surface area (Å²) in [6.45, 7) is 0.0446. The maximum absolute atomic E-state index is 12.4. The van der Waals surface area contributed by atoms with Gasteiger partial charge in [0.1, 0.15) is 0 Å². The Balaban J connectivity index is 1.29. The number of carbonyl (C=O) groups is 2. The third-order valence-electron chi connectivity index (χ3n) is 4.88. The van der Waals surface area contributed by atoms with E-state index in [4.69, 9.17) is 13.9 Å². The fourth-order valence-electron chi connectivity index (χ4n) is 3.25. The van der Waals surface area contributed by atoms with Crippen molar-refractivity contribution in [1.29, 1.82) is 0 Å². The second kappa shape index (κ2) is 10.7. The monoisotopic (exact) mass is 478 g/mol. The highest BCUT2D eigenvalue weighted by molar-refractivity contribution is 7.99. The maximum Gasteiger partial charge on any atom is 0.277 e. The fraction of sp³-hybridized carbons (Fsp3) is 0.167. The second-order valence-corrected chi connectivity index (χ2v) is 8.00. The number of anilines is 1. The summed E-state index contributed by atoms with van der Waals surface area (Å²) in [6.07, 6.45) is 0. The van der Waals surface area contributed by atoms with E-state index in [1.165, 1.54) is 14.2 Å². The highest BCUT2D eigenvalue weighted by atomic mass is 32.2. The van der Waals surface area contributed by atoms with Crippen LogP contribution >= 0.6 is 11.8 Å². The Kier molecular flexibility index (Phi) is 7.28. The van der Waals surface area contributed by atoms with Crippen LogP contribution in [-0.2, 0) is 11.3 Å². The average molecular weight is 479 g/mol. The van der Waals surface area contributed by atoms with Crippen LogP contribution in [0.25, 0.3) is 10.8 Å². The fourth-order valence-corrected chi connectivity index (χ4v) is 3.83. The molecule has 1 aromatic heterocycles. The molecule has 0 atom stereocenters. The highest BCUT2D eigenvalue weighted by Gasteiger charge is 2.14. The lowest BCUT2D eigenvalue weighted by Gasteiger charge is -2.09. The van der Waals surface area contributed by atoms with Crippen molar-refractivity contribution in [2.24, 2.45) is 0 Å². The van der Waals surface area contributed by atoms with Crippen molar-refractivity contribution < 1.29 is 23.5 Å². The summed E-state index contributed by atoms with van der Waals surface area (Å²) < 4.78 is 15.9. The number of rotatable bonds is 9. The molecule has 0 spiro atoms. The predicted octanol–water partition coefficient (Wildman–Crippen LogP) is 3.90. The lowest BCUT2D eigenvalue weighted by atomic mass is 10.1. The predicted molar refractivity (Wildman–Crippen MR) is 128 cm³/mol. The molecular weight excluding hydrogens is 456 g/mol. The van der Waals surface area contributed by atoms with Crippen LogP contribution in [0.2, 0.25) is 0 Å². The lowest BCUT2D eigenvalue weighted by Crippen LogP contribution is -2.23. The van der Waals surface area contributed by atoms with E-state index in [1.807, 2.05) is 42.5 Å². The smallest absolute Gasteiger partial charge is 0.277 e. The van der Waals surface area contributed by atoms with Gasteiger partial charge in [0.2, 0.25) is 11.8 Å². The number of aromatic nitrogens is 2. The molecule has 0 bridgehead atoms. The normalized spacial score (nSPS) is 10.6. The van der Waals surface area contributed by atoms with Crippen molar-refractivity contribution >= 4 is 40.0 Å². The van der Waals surface area contributed by atoms with E-state index in [9.17, 15) is 9.59 Å². The summed E-state index contributed by atoms with van der Waals surface area (Å²) in [7, 11) is 3.02. The van der Waals surface area contributed by atoms with Crippen molar-refractivity contribution in [3.05, 3.63) is 72.1 Å². The maximum atomic E-state index is 12.4. The van der Waals surface area contributed by atoms with Crippen LogP contribution in [0.3, 0.4) is 0 Å². The van der Waals surface area contributed by atoms with E-state index in [1.54, 1.807) is 18.2 Å². The zero-order valence-electron chi connectivity index (χ0n) is 18.5. The zero-order chi connectivity index (χ0) is 23.9. The lowest BCUT2D eigenvalue weighted by molar-refractivity contribution is -0.113. The van der Waals surface area contributed by atoms with Crippen molar-refractivity contribution in [2.45, 2.75) is 11.8 Å². The number of nitrogens with zero attached hydrogens (tertiary/aromatic N) is 2. The molecule has 0 saturated heterocycles. The number of thioether (sulfide) groups is 1. The topological polar surface area (TPSA) is 116 Å². The molecule has 2 N–H and O–H groups in total. The standard InChI is InChI=1S/C24H22N4O5S/c1-31-19-11-10-16(12-20(19)32-2)23(30)25-13-22-27-28-24(33-22)34-14-21(29)26-18-9-5-7-15-6-3-4-8-17(15)18/h3-12H,13-14H2,1-2H3,(H,25,30)(H,26,29). The third kappa shape index (κ3) is 5.46. The van der Waals surface area contributed by atoms with Crippen molar-refractivity contribution in [3.8, 4) is 11.5 Å². The largest absolute Gasteiger partial charge is 0.493 e. The van der Waals surface area contributed by atoms with Gasteiger partial charge in [-0.25, -0.2) is 0 Å². The first-order chi connectivity index (χ1) is 16.6. The molecule has 4 aromatic rings. The van der Waals surface area contributed by atoms with Gasteiger partial charge in [0.05, 0.1) is 26.5 Å². The van der Waals surface area contributed by atoms with Crippen LogP contribution in [0, 0.1) is 0 Å². The first-order valence-electron chi connectivity index (χ1n) is 10.3. The summed E-state index contributed by atoms with van der Waals surface area (Å²) in [5, 5.41) is 15.7. The summed E-state index contributed by atoms with van der Waals surface area (Å²) >= 11 is 1.12. The number of ether oxygens (including phenoxy) is 2. The molecule has 9 nitrogen and oxygen atoms in total. The second-order valence-electron chi connectivity index (χ2n) is 7.08. The third-order valence-corrected chi connectivity index (χ3v) is 5.70. The van der Waals surface area contributed by atoms with E-state index in [2.05, 4.69) is 20.8 Å². The molecule has 3 aromatic carbocycles. The molecule has 1 heterocycles. The summed E-state index contributed by atoms with van der Waals surface area (Å²) in [5.74, 6) is 0.787. The molecule has 0 aliphatic rings. The molecule has 0 saturated carbocycles. The van der Waals surface area contributed by atoms with Gasteiger partial charge >= 0.3 is 0 Å². The molecule has 2 amide bonds. The van der Waals surface area contributed by atoms with Crippen LogP contribution in [0.4, 0.5) is 5.69 Å². The number of amides is 2. The number of fused-ring (bicyclic) bond motifs is 1. The molecule has 174 valence electrons. The Morgan fingerprint density at radius 1 is 0.971 bits per heavy atom. The van der Waals surface area contributed by atoms with Crippen LogP contribution in [-0.4, -0.2) is 42.0 Å². The Morgan fingerprint density at radius 3 is 2.59 bits per heavy atom. The SMILES string of the molecule is COc1ccc(C(=O)NCc2nnc(SCC(=O)Nc3cccc4ccccc34)o2)cc1OC. The Morgan fingerprint density at radius 2 is 1.76 bits per heavy atom. The summed E-state index contributed by atoms with van der Waals surface area (Å²) in [5.41, 5.74) is 1.14. The van der Waals surface area contributed by atoms with Gasteiger partial charge in [-0.2, -0.15) is 0 Å². The van der Waals surface area contributed by atoms with Gasteiger partial charge in [0.15, 0.2) is 11.5 Å². The first kappa shape index (κ1) is 23.1. The van der Waals surface area contributed by atoms with Gasteiger partial charge in [-0.3, -0.25) is 9.59 Å². The molecule has 0 fully saturated rings. The van der Waals surface area contributed by atoms with Crippen molar-refractivity contribution in [1.82, 2.24) is 15.5 Å². The van der Waals surface area contributed by atoms with Gasteiger partial charge in [-0.15, -0.1) is 10.2 Å². The van der Waals surface area contributed by atoms with Gasteiger partial charge in [0, 0.05) is 16.6 Å². The van der Waals surface area contributed by atoms with E-state index < -0.39 is 0 Å². The number of methoxy groups -OCH3 is 2. The summed E-state index contributed by atoms with van der Waals surface area (Å²) in [4.78, 5) is 24.8. The molecule has 0 aliphatic heterocycles. The minimum atomic E-state index is -0.331. The number of carbonyl (C=O) groups excluding carboxylic acids is 2. The van der Waals surface area contributed by atoms with Crippen LogP contribution in [0.1, 0.15) is 16.2 Å². The molecule has 34 heavy (non-hydrogen) atoms. The Labute approximate surface area is 199 Å². The van der Waals surface area contributed by atoms with E-state index in [0.29, 0.717) is 17.1 Å². The molecule has 4 rings (SSSR count). The van der Waals surface area contributed by atoms with Crippen molar-refractivity contribution in [3.63, 3.8) is 0 Å². The zero-order valence-corrected chi connectivity index (χ0v) is 19.3. The van der Waals surface area contributed by atoms with Gasteiger partial charge in [0.25, 0.3) is 11.1 Å². The Hall–Kier alpha value is -4.05. The molecular formula is C24H22N4O5S. The highest BCUT2D eigenvalue weighted by Crippen LogP contribution is 2.27. The molecule has 0 aliphatic carbocycles. The number of nitrogens with one attached hydrogen (secondary N) is 2. The summed E-state index contributed by atoms with van der Waals surface area (Å²) in [6, 6.07) is 18.4. The van der Waals surface area contributed by atoms with Gasteiger partial charge in [-0.1, -0.05) is 48.2 Å². The van der Waals surface area contributed by atoms with Crippen molar-refractivity contribution in [2.75, 3.05) is 25.3 Å². The number of hydrogen-bond donors (Lipinski definition) is 2.